The van der Waals surface area contributed by atoms with Gasteiger partial charge in [0.2, 0.25) is 0 Å². The average Bonchev–Trinajstić information content (AvgIpc) is 3.18. The number of likely N-dealkylation sites (tertiary alicyclic amines) is 1. The number of hydrogen-bond donors (Lipinski definition) is 0. The lowest BCUT2D eigenvalue weighted by atomic mass is 9.81. The second-order valence-corrected chi connectivity index (χ2v) is 8.99. The lowest BCUT2D eigenvalue weighted by Gasteiger charge is -2.32. The molecule has 1 amide bonds. The van der Waals surface area contributed by atoms with E-state index in [1.54, 1.807) is 12.0 Å². The molecule has 0 radical (unpaired) electrons. The molecule has 0 bridgehead atoms. The SMILES string of the molecule is COc1ccc2c(c1)CCN(C(=O)Oc1ccc3c(c1)[C@]1(C)CCN(C)[C@@H]1N3C)C2. The van der Waals surface area contributed by atoms with Gasteiger partial charge in [0, 0.05) is 37.8 Å². The first-order chi connectivity index (χ1) is 14.4. The van der Waals surface area contributed by atoms with E-state index in [9.17, 15) is 4.79 Å². The number of nitrogens with zero attached hydrogens (tertiary/aromatic N) is 3. The number of likely N-dealkylation sites (N-methyl/N-ethyl adjacent to an activating group) is 2. The zero-order chi connectivity index (χ0) is 21.0. The molecule has 3 aliphatic heterocycles. The van der Waals surface area contributed by atoms with Crippen LogP contribution in [0.15, 0.2) is 36.4 Å². The number of carbonyl (C=O) groups is 1. The molecule has 3 aliphatic rings. The number of rotatable bonds is 2. The monoisotopic (exact) mass is 407 g/mol. The van der Waals surface area contributed by atoms with Crippen LogP contribution in [0.2, 0.25) is 0 Å². The molecule has 0 N–H and O–H groups in total. The van der Waals surface area contributed by atoms with Crippen LogP contribution in [0.3, 0.4) is 0 Å². The van der Waals surface area contributed by atoms with Crippen LogP contribution in [0, 0.1) is 0 Å². The van der Waals surface area contributed by atoms with Crippen molar-refractivity contribution in [2.24, 2.45) is 0 Å². The molecule has 0 spiro atoms. The molecule has 1 saturated heterocycles. The van der Waals surface area contributed by atoms with E-state index in [1.807, 2.05) is 18.2 Å². The number of methoxy groups -OCH3 is 1. The van der Waals surface area contributed by atoms with Crippen molar-refractivity contribution in [3.8, 4) is 11.5 Å². The predicted molar refractivity (Wildman–Crippen MR) is 116 cm³/mol. The molecule has 0 aromatic heterocycles. The Bertz CT molecular complexity index is 1010. The quantitative estimate of drug-likeness (QED) is 0.761. The second-order valence-electron chi connectivity index (χ2n) is 8.99. The first-order valence-electron chi connectivity index (χ1n) is 10.6. The van der Waals surface area contributed by atoms with Crippen LogP contribution in [0.25, 0.3) is 0 Å². The van der Waals surface area contributed by atoms with Crippen LogP contribution in [0.1, 0.15) is 30.0 Å². The van der Waals surface area contributed by atoms with Crippen LogP contribution in [-0.4, -0.2) is 56.4 Å². The summed E-state index contributed by atoms with van der Waals surface area (Å²) < 4.78 is 11.1. The van der Waals surface area contributed by atoms with Crippen molar-refractivity contribution in [2.45, 2.75) is 37.9 Å². The van der Waals surface area contributed by atoms with E-state index < -0.39 is 0 Å². The predicted octanol–water partition coefficient (Wildman–Crippen LogP) is 3.62. The third-order valence-electron chi connectivity index (χ3n) is 7.19. The van der Waals surface area contributed by atoms with E-state index in [0.29, 0.717) is 25.0 Å². The third kappa shape index (κ3) is 2.85. The average molecular weight is 408 g/mol. The number of benzene rings is 2. The van der Waals surface area contributed by atoms with Gasteiger partial charge in [0.25, 0.3) is 0 Å². The van der Waals surface area contributed by atoms with E-state index in [-0.39, 0.29) is 11.5 Å². The topological polar surface area (TPSA) is 45.2 Å². The van der Waals surface area contributed by atoms with Gasteiger partial charge in [0.15, 0.2) is 0 Å². The fourth-order valence-electron chi connectivity index (χ4n) is 5.60. The highest BCUT2D eigenvalue weighted by atomic mass is 16.6. The van der Waals surface area contributed by atoms with Crippen LogP contribution >= 0.6 is 0 Å². The van der Waals surface area contributed by atoms with Gasteiger partial charge in [-0.3, -0.25) is 4.90 Å². The lowest BCUT2D eigenvalue weighted by molar-refractivity contribution is 0.147. The van der Waals surface area contributed by atoms with Gasteiger partial charge in [-0.25, -0.2) is 4.79 Å². The van der Waals surface area contributed by atoms with Crippen molar-refractivity contribution in [3.05, 3.63) is 53.1 Å². The Morgan fingerprint density at radius 1 is 1.07 bits per heavy atom. The van der Waals surface area contributed by atoms with Gasteiger partial charge in [-0.15, -0.1) is 0 Å². The molecule has 5 rings (SSSR count). The number of fused-ring (bicyclic) bond motifs is 4. The highest BCUT2D eigenvalue weighted by Gasteiger charge is 2.52. The molecule has 3 heterocycles. The Kier molecular flexibility index (Phi) is 4.43. The third-order valence-corrected chi connectivity index (χ3v) is 7.19. The fourth-order valence-corrected chi connectivity index (χ4v) is 5.60. The smallest absolute Gasteiger partial charge is 0.415 e. The van der Waals surface area contributed by atoms with Crippen molar-refractivity contribution in [3.63, 3.8) is 0 Å². The molecular formula is C24H29N3O3. The van der Waals surface area contributed by atoms with Gasteiger partial charge in [-0.05, 0) is 66.9 Å². The number of ether oxygens (including phenoxy) is 2. The molecule has 0 unspecified atom stereocenters. The largest absolute Gasteiger partial charge is 0.497 e. The Balaban J connectivity index is 1.34. The Morgan fingerprint density at radius 2 is 1.87 bits per heavy atom. The van der Waals surface area contributed by atoms with E-state index >= 15 is 0 Å². The van der Waals surface area contributed by atoms with E-state index in [2.05, 4.69) is 49.0 Å². The van der Waals surface area contributed by atoms with Crippen molar-refractivity contribution in [1.29, 1.82) is 0 Å². The van der Waals surface area contributed by atoms with Crippen LogP contribution in [-0.2, 0) is 18.4 Å². The van der Waals surface area contributed by atoms with E-state index in [0.717, 1.165) is 30.7 Å². The zero-order valence-corrected chi connectivity index (χ0v) is 18.1. The number of anilines is 1. The van der Waals surface area contributed by atoms with Gasteiger partial charge >= 0.3 is 6.09 Å². The molecule has 158 valence electrons. The van der Waals surface area contributed by atoms with Crippen molar-refractivity contribution < 1.29 is 14.3 Å². The number of amides is 1. The number of hydrogen-bond acceptors (Lipinski definition) is 5. The minimum absolute atomic E-state index is 0.0599. The summed E-state index contributed by atoms with van der Waals surface area (Å²) in [6, 6.07) is 12.1. The summed E-state index contributed by atoms with van der Waals surface area (Å²) >= 11 is 0. The van der Waals surface area contributed by atoms with Crippen LogP contribution in [0.5, 0.6) is 11.5 Å². The van der Waals surface area contributed by atoms with Crippen molar-refractivity contribution >= 4 is 11.8 Å². The standard InChI is InChI=1S/C24H29N3O3/c1-24-10-12-25(2)22(24)26(3)21-8-7-19(14-20(21)24)30-23(28)27-11-9-16-13-18(29-4)6-5-17(16)15-27/h5-8,13-14,22H,9-12,15H2,1-4H3/t22-,24+/m1/s1. The molecular weight excluding hydrogens is 378 g/mol. The maximum atomic E-state index is 12.9. The Morgan fingerprint density at radius 3 is 2.67 bits per heavy atom. The summed E-state index contributed by atoms with van der Waals surface area (Å²) in [5, 5.41) is 0. The maximum Gasteiger partial charge on any atom is 0.415 e. The normalized spacial score (nSPS) is 25.0. The second kappa shape index (κ2) is 6.91. The minimum Gasteiger partial charge on any atom is -0.497 e. The molecule has 0 saturated carbocycles. The van der Waals surface area contributed by atoms with E-state index in [4.69, 9.17) is 9.47 Å². The Labute approximate surface area is 178 Å². The first-order valence-corrected chi connectivity index (χ1v) is 10.6. The molecule has 6 nitrogen and oxygen atoms in total. The molecule has 2 aromatic rings. The summed E-state index contributed by atoms with van der Waals surface area (Å²) in [4.78, 5) is 19.4. The summed E-state index contributed by atoms with van der Waals surface area (Å²) in [6.07, 6.45) is 1.99. The van der Waals surface area contributed by atoms with Crippen LogP contribution < -0.4 is 14.4 Å². The van der Waals surface area contributed by atoms with Gasteiger partial charge in [-0.2, -0.15) is 0 Å². The highest BCUT2D eigenvalue weighted by molar-refractivity contribution is 5.73. The summed E-state index contributed by atoms with van der Waals surface area (Å²) in [7, 11) is 6.01. The molecule has 0 aliphatic carbocycles. The summed E-state index contributed by atoms with van der Waals surface area (Å²) in [5.41, 5.74) is 4.96. The van der Waals surface area contributed by atoms with Gasteiger partial charge < -0.3 is 19.3 Å². The van der Waals surface area contributed by atoms with Gasteiger partial charge in [-0.1, -0.05) is 13.0 Å². The first kappa shape index (κ1) is 19.2. The summed E-state index contributed by atoms with van der Waals surface area (Å²) in [6.45, 7) is 4.62. The minimum atomic E-state index is -0.284. The summed E-state index contributed by atoms with van der Waals surface area (Å²) in [5.74, 6) is 1.49. The number of carbonyl (C=O) groups excluding carboxylic acids is 1. The Hall–Kier alpha value is -2.73. The van der Waals surface area contributed by atoms with Crippen molar-refractivity contribution in [1.82, 2.24) is 9.80 Å². The van der Waals surface area contributed by atoms with Gasteiger partial charge in [0.05, 0.1) is 13.3 Å². The molecule has 2 aromatic carbocycles. The lowest BCUT2D eigenvalue weighted by Crippen LogP contribution is -2.45. The molecule has 6 heteroatoms. The zero-order valence-electron chi connectivity index (χ0n) is 18.1. The van der Waals surface area contributed by atoms with Crippen LogP contribution in [0.4, 0.5) is 10.5 Å². The maximum absolute atomic E-state index is 12.9. The molecule has 2 atom stereocenters. The van der Waals surface area contributed by atoms with Crippen molar-refractivity contribution in [2.75, 3.05) is 39.2 Å². The highest BCUT2D eigenvalue weighted by Crippen LogP contribution is 2.51. The molecule has 30 heavy (non-hydrogen) atoms. The fraction of sp³-hybridized carbons (Fsp3) is 0.458. The van der Waals surface area contributed by atoms with E-state index in [1.165, 1.54) is 16.8 Å². The molecule has 1 fully saturated rings. The van der Waals surface area contributed by atoms with Gasteiger partial charge in [0.1, 0.15) is 11.5 Å².